The van der Waals surface area contributed by atoms with Crippen molar-refractivity contribution in [2.24, 2.45) is 0 Å². The molecule has 12 heavy (non-hydrogen) atoms. The first kappa shape index (κ1) is 12.4. The lowest BCUT2D eigenvalue weighted by Crippen LogP contribution is -2.13. The molecule has 0 fully saturated rings. The van der Waals surface area contributed by atoms with Gasteiger partial charge in [-0.05, 0) is 26.0 Å². The van der Waals surface area contributed by atoms with Crippen molar-refractivity contribution < 1.29 is 0 Å². The molecule has 72 valence electrons. The molecule has 0 aromatic heterocycles. The van der Waals surface area contributed by atoms with Crippen LogP contribution < -0.4 is 0 Å². The molecule has 0 aromatic carbocycles. The van der Waals surface area contributed by atoms with Crippen molar-refractivity contribution in [2.75, 3.05) is 11.5 Å². The summed E-state index contributed by atoms with van der Waals surface area (Å²) in [6.07, 6.45) is 3.48. The van der Waals surface area contributed by atoms with Crippen molar-refractivity contribution in [3.63, 3.8) is 0 Å². The number of hydrogen-bond donors (Lipinski definition) is 1. The first-order valence-corrected chi connectivity index (χ1v) is 5.95. The quantitative estimate of drug-likeness (QED) is 0.404. The van der Waals surface area contributed by atoms with Gasteiger partial charge in [0.1, 0.15) is 0 Å². The van der Waals surface area contributed by atoms with Crippen molar-refractivity contribution in [1.29, 1.82) is 0 Å². The Morgan fingerprint density at radius 3 is 2.42 bits per heavy atom. The Hall–Kier alpha value is 0.440. The highest BCUT2D eigenvalue weighted by Crippen LogP contribution is 2.19. The van der Waals surface area contributed by atoms with Crippen LogP contribution in [0.5, 0.6) is 0 Å². The molecule has 0 N–H and O–H groups in total. The molecule has 0 saturated heterocycles. The van der Waals surface area contributed by atoms with Gasteiger partial charge in [0.25, 0.3) is 0 Å². The van der Waals surface area contributed by atoms with Crippen molar-refractivity contribution in [3.8, 4) is 0 Å². The Kier molecular flexibility index (Phi) is 6.20. The highest BCUT2D eigenvalue weighted by molar-refractivity contribution is 8.00. The Balaban J connectivity index is 3.29. The Morgan fingerprint density at radius 2 is 2.00 bits per heavy atom. The molecule has 0 saturated carbocycles. The third kappa shape index (κ3) is 10.4. The van der Waals surface area contributed by atoms with Gasteiger partial charge in [-0.2, -0.15) is 24.4 Å². The van der Waals surface area contributed by atoms with Crippen LogP contribution in [0.25, 0.3) is 0 Å². The molecule has 0 aliphatic rings. The number of thiol groups is 1. The van der Waals surface area contributed by atoms with E-state index in [1.165, 1.54) is 17.7 Å². The third-order valence-electron chi connectivity index (χ3n) is 1.27. The standard InChI is InChI=1S/C10H20S2/c1-9(2)6-5-7-12-8-10(3,4)11/h6,11H,5,7-8H2,1-4H3. The minimum Gasteiger partial charge on any atom is -0.172 e. The third-order valence-corrected chi connectivity index (χ3v) is 3.09. The smallest absolute Gasteiger partial charge is 0.0163 e. The van der Waals surface area contributed by atoms with Crippen LogP contribution in [0.4, 0.5) is 0 Å². The van der Waals surface area contributed by atoms with Crippen molar-refractivity contribution in [2.45, 2.75) is 38.9 Å². The highest BCUT2D eigenvalue weighted by atomic mass is 32.2. The van der Waals surface area contributed by atoms with Crippen molar-refractivity contribution in [1.82, 2.24) is 0 Å². The van der Waals surface area contributed by atoms with Gasteiger partial charge in [0.15, 0.2) is 0 Å². The molecule has 0 aliphatic carbocycles. The molecule has 0 heterocycles. The Morgan fingerprint density at radius 1 is 1.42 bits per heavy atom. The minimum absolute atomic E-state index is 0.176. The van der Waals surface area contributed by atoms with Crippen LogP contribution in [0.1, 0.15) is 34.1 Å². The fourth-order valence-electron chi connectivity index (χ4n) is 0.753. The van der Waals surface area contributed by atoms with Crippen LogP contribution in [-0.2, 0) is 0 Å². The number of thioether (sulfide) groups is 1. The zero-order chi connectivity index (χ0) is 9.61. The lowest BCUT2D eigenvalue weighted by Gasteiger charge is -2.15. The molecule has 0 bridgehead atoms. The highest BCUT2D eigenvalue weighted by Gasteiger charge is 2.09. The van der Waals surface area contributed by atoms with E-state index in [0.717, 1.165) is 5.75 Å². The number of rotatable bonds is 5. The monoisotopic (exact) mass is 204 g/mol. The molecule has 0 unspecified atom stereocenters. The molecule has 0 radical (unpaired) electrons. The zero-order valence-corrected chi connectivity index (χ0v) is 10.3. The maximum absolute atomic E-state index is 4.46. The predicted molar refractivity (Wildman–Crippen MR) is 64.4 cm³/mol. The first-order chi connectivity index (χ1) is 5.42. The van der Waals surface area contributed by atoms with E-state index in [9.17, 15) is 0 Å². The normalized spacial score (nSPS) is 11.4. The van der Waals surface area contributed by atoms with Gasteiger partial charge >= 0.3 is 0 Å². The summed E-state index contributed by atoms with van der Waals surface area (Å²) in [5.74, 6) is 2.35. The van der Waals surface area contributed by atoms with Crippen molar-refractivity contribution >= 4 is 24.4 Å². The maximum Gasteiger partial charge on any atom is 0.0163 e. The second-order valence-corrected chi connectivity index (χ2v) is 6.25. The first-order valence-electron chi connectivity index (χ1n) is 4.35. The van der Waals surface area contributed by atoms with Gasteiger partial charge in [0.05, 0.1) is 0 Å². The fourth-order valence-corrected chi connectivity index (χ4v) is 1.96. The summed E-state index contributed by atoms with van der Waals surface area (Å²) in [6, 6.07) is 0. The molecular weight excluding hydrogens is 184 g/mol. The van der Waals surface area contributed by atoms with Gasteiger partial charge in [-0.25, -0.2) is 0 Å². The van der Waals surface area contributed by atoms with Gasteiger partial charge in [-0.3, -0.25) is 0 Å². The summed E-state index contributed by atoms with van der Waals surface area (Å²) in [7, 11) is 0. The average Bonchev–Trinajstić information content (AvgIpc) is 1.83. The molecule has 0 amide bonds. The van der Waals surface area contributed by atoms with Crippen LogP contribution in [0.3, 0.4) is 0 Å². The van der Waals surface area contributed by atoms with Gasteiger partial charge in [-0.15, -0.1) is 0 Å². The van der Waals surface area contributed by atoms with Gasteiger partial charge in [0, 0.05) is 10.5 Å². The van der Waals surface area contributed by atoms with E-state index in [1.54, 1.807) is 0 Å². The summed E-state index contributed by atoms with van der Waals surface area (Å²) < 4.78 is 0.176. The van der Waals surface area contributed by atoms with Crippen LogP contribution in [0, 0.1) is 0 Å². The molecule has 0 spiro atoms. The van der Waals surface area contributed by atoms with E-state index in [0.29, 0.717) is 0 Å². The second kappa shape index (κ2) is 5.98. The lowest BCUT2D eigenvalue weighted by molar-refractivity contribution is 0.825. The van der Waals surface area contributed by atoms with E-state index >= 15 is 0 Å². The average molecular weight is 204 g/mol. The molecule has 0 aromatic rings. The topological polar surface area (TPSA) is 0 Å². The van der Waals surface area contributed by atoms with Crippen molar-refractivity contribution in [3.05, 3.63) is 11.6 Å². The summed E-state index contributed by atoms with van der Waals surface area (Å²) in [4.78, 5) is 0. The van der Waals surface area contributed by atoms with E-state index in [-0.39, 0.29) is 4.75 Å². The minimum atomic E-state index is 0.176. The van der Waals surface area contributed by atoms with E-state index in [1.807, 2.05) is 11.8 Å². The molecule has 0 rings (SSSR count). The molecule has 0 nitrogen and oxygen atoms in total. The Bertz CT molecular complexity index is 138. The molecule has 0 atom stereocenters. The van der Waals surface area contributed by atoms with Gasteiger partial charge in [0.2, 0.25) is 0 Å². The number of allylic oxidation sites excluding steroid dienone is 2. The SMILES string of the molecule is CC(C)=CCCSCC(C)(C)S. The van der Waals surface area contributed by atoms with Crippen LogP contribution >= 0.6 is 24.4 Å². The largest absolute Gasteiger partial charge is 0.172 e. The summed E-state index contributed by atoms with van der Waals surface area (Å²) >= 11 is 6.44. The molecule has 0 aliphatic heterocycles. The lowest BCUT2D eigenvalue weighted by atomic mass is 10.2. The molecular formula is C10H20S2. The van der Waals surface area contributed by atoms with Crippen LogP contribution in [0.2, 0.25) is 0 Å². The Labute approximate surface area is 86.6 Å². The predicted octanol–water partition coefficient (Wildman–Crippen LogP) is 3.78. The van der Waals surface area contributed by atoms with E-state index in [2.05, 4.69) is 46.4 Å². The van der Waals surface area contributed by atoms with Gasteiger partial charge in [-0.1, -0.05) is 25.5 Å². The van der Waals surface area contributed by atoms with Crippen LogP contribution in [-0.4, -0.2) is 16.3 Å². The maximum atomic E-state index is 4.46. The molecule has 2 heteroatoms. The summed E-state index contributed by atoms with van der Waals surface area (Å²) in [5, 5.41) is 0. The number of hydrogen-bond acceptors (Lipinski definition) is 2. The fraction of sp³-hybridized carbons (Fsp3) is 0.800. The summed E-state index contributed by atoms with van der Waals surface area (Å²) in [6.45, 7) is 8.61. The van der Waals surface area contributed by atoms with Gasteiger partial charge < -0.3 is 0 Å². The van der Waals surface area contributed by atoms with Crippen LogP contribution in [0.15, 0.2) is 11.6 Å². The summed E-state index contributed by atoms with van der Waals surface area (Å²) in [5.41, 5.74) is 1.42. The van der Waals surface area contributed by atoms with E-state index in [4.69, 9.17) is 0 Å². The zero-order valence-electron chi connectivity index (χ0n) is 8.55. The van der Waals surface area contributed by atoms with E-state index < -0.39 is 0 Å². The second-order valence-electron chi connectivity index (χ2n) is 3.94.